The molecule has 2 heterocycles. The van der Waals surface area contributed by atoms with E-state index < -0.39 is 0 Å². The summed E-state index contributed by atoms with van der Waals surface area (Å²) in [6, 6.07) is 5.78. The zero-order chi connectivity index (χ0) is 13.7. The van der Waals surface area contributed by atoms with Crippen molar-refractivity contribution in [3.05, 3.63) is 41.1 Å². The van der Waals surface area contributed by atoms with Gasteiger partial charge in [0.15, 0.2) is 0 Å². The molecule has 0 unspecified atom stereocenters. The number of aliphatic hydroxyl groups excluding tert-OH is 1. The van der Waals surface area contributed by atoms with Gasteiger partial charge in [0.1, 0.15) is 18.1 Å². The third-order valence-corrected chi connectivity index (χ3v) is 3.00. The number of hydrogen-bond acceptors (Lipinski definition) is 4. The van der Waals surface area contributed by atoms with Gasteiger partial charge < -0.3 is 14.8 Å². The van der Waals surface area contributed by atoms with E-state index in [2.05, 4.69) is 23.4 Å². The molecule has 19 heavy (non-hydrogen) atoms. The van der Waals surface area contributed by atoms with E-state index >= 15 is 0 Å². The van der Waals surface area contributed by atoms with Gasteiger partial charge in [0.25, 0.3) is 0 Å². The Labute approximate surface area is 113 Å². The molecular weight excluding hydrogens is 242 g/mol. The lowest BCUT2D eigenvalue weighted by molar-refractivity contribution is 0.242. The van der Waals surface area contributed by atoms with Gasteiger partial charge in [-0.15, -0.1) is 0 Å². The van der Waals surface area contributed by atoms with Gasteiger partial charge in [0.2, 0.25) is 0 Å². The Morgan fingerprint density at radius 1 is 1.32 bits per heavy atom. The standard InChI is InChI=1S/C14H21N3O2/c1-11-8-12(2)17(16-11)7-3-6-15-9-13-4-5-14(10-18)19-13/h4-5,8,15,18H,3,6-7,9-10H2,1-2H3. The molecule has 0 saturated heterocycles. The number of aryl methyl sites for hydroxylation is 3. The molecule has 5 nitrogen and oxygen atoms in total. The fourth-order valence-corrected chi connectivity index (χ4v) is 2.07. The number of nitrogens with one attached hydrogen (secondary N) is 1. The molecule has 0 saturated carbocycles. The van der Waals surface area contributed by atoms with Crippen molar-refractivity contribution in [2.45, 2.75) is 40.0 Å². The van der Waals surface area contributed by atoms with E-state index in [0.29, 0.717) is 12.3 Å². The van der Waals surface area contributed by atoms with Crippen molar-refractivity contribution in [2.75, 3.05) is 6.54 Å². The summed E-state index contributed by atoms with van der Waals surface area (Å²) in [6.45, 7) is 6.57. The molecule has 0 amide bonds. The Morgan fingerprint density at radius 3 is 2.74 bits per heavy atom. The first-order chi connectivity index (χ1) is 9.19. The zero-order valence-corrected chi connectivity index (χ0v) is 11.5. The highest BCUT2D eigenvalue weighted by molar-refractivity contribution is 5.07. The molecule has 0 aromatic carbocycles. The van der Waals surface area contributed by atoms with Crippen LogP contribution in [0.5, 0.6) is 0 Å². The average molecular weight is 263 g/mol. The van der Waals surface area contributed by atoms with Gasteiger partial charge in [-0.25, -0.2) is 0 Å². The first kappa shape index (κ1) is 13.8. The van der Waals surface area contributed by atoms with Crippen molar-refractivity contribution < 1.29 is 9.52 Å². The van der Waals surface area contributed by atoms with Gasteiger partial charge in [-0.05, 0) is 45.0 Å². The summed E-state index contributed by atoms with van der Waals surface area (Å²) >= 11 is 0. The normalized spacial score (nSPS) is 11.1. The Kier molecular flexibility index (Phi) is 4.76. The molecular formula is C14H21N3O2. The highest BCUT2D eigenvalue weighted by Gasteiger charge is 2.02. The van der Waals surface area contributed by atoms with Crippen LogP contribution in [0.2, 0.25) is 0 Å². The van der Waals surface area contributed by atoms with Crippen molar-refractivity contribution in [1.82, 2.24) is 15.1 Å². The first-order valence-electron chi connectivity index (χ1n) is 6.59. The predicted octanol–water partition coefficient (Wildman–Crippen LogP) is 1.77. The van der Waals surface area contributed by atoms with Gasteiger partial charge in [-0.1, -0.05) is 0 Å². The lowest BCUT2D eigenvalue weighted by Crippen LogP contribution is -2.16. The quantitative estimate of drug-likeness (QED) is 0.747. The molecule has 0 fully saturated rings. The Balaban J connectivity index is 1.65. The molecule has 5 heteroatoms. The molecule has 0 atom stereocenters. The minimum Gasteiger partial charge on any atom is -0.462 e. The largest absolute Gasteiger partial charge is 0.462 e. The highest BCUT2D eigenvalue weighted by atomic mass is 16.4. The SMILES string of the molecule is Cc1cc(C)n(CCCNCc2ccc(CO)o2)n1. The van der Waals surface area contributed by atoms with Gasteiger partial charge >= 0.3 is 0 Å². The predicted molar refractivity (Wildman–Crippen MR) is 72.7 cm³/mol. The average Bonchev–Trinajstić information content (AvgIpc) is 2.96. The van der Waals surface area contributed by atoms with Crippen molar-refractivity contribution in [3.63, 3.8) is 0 Å². The molecule has 2 aromatic rings. The monoisotopic (exact) mass is 263 g/mol. The van der Waals surface area contributed by atoms with Gasteiger partial charge in [0.05, 0.1) is 12.2 Å². The summed E-state index contributed by atoms with van der Waals surface area (Å²) < 4.78 is 7.43. The summed E-state index contributed by atoms with van der Waals surface area (Å²) in [5.74, 6) is 1.47. The molecule has 2 aromatic heterocycles. The number of furan rings is 1. The van der Waals surface area contributed by atoms with Crippen LogP contribution in [0, 0.1) is 13.8 Å². The second kappa shape index (κ2) is 6.54. The molecule has 0 spiro atoms. The number of rotatable bonds is 7. The lowest BCUT2D eigenvalue weighted by Gasteiger charge is -2.05. The van der Waals surface area contributed by atoms with Crippen LogP contribution in [0.25, 0.3) is 0 Å². The van der Waals surface area contributed by atoms with Gasteiger partial charge in [-0.2, -0.15) is 5.10 Å². The fraction of sp³-hybridized carbons (Fsp3) is 0.500. The van der Waals surface area contributed by atoms with Crippen LogP contribution in [0.3, 0.4) is 0 Å². The maximum Gasteiger partial charge on any atom is 0.129 e. The highest BCUT2D eigenvalue weighted by Crippen LogP contribution is 2.07. The van der Waals surface area contributed by atoms with Crippen LogP contribution in [0.1, 0.15) is 29.3 Å². The van der Waals surface area contributed by atoms with E-state index in [4.69, 9.17) is 9.52 Å². The molecule has 2 rings (SSSR count). The Hall–Kier alpha value is -1.59. The fourth-order valence-electron chi connectivity index (χ4n) is 2.07. The third kappa shape index (κ3) is 3.94. The number of nitrogens with zero attached hydrogens (tertiary/aromatic N) is 2. The summed E-state index contributed by atoms with van der Waals surface area (Å²) in [5.41, 5.74) is 2.27. The zero-order valence-electron chi connectivity index (χ0n) is 11.5. The van der Waals surface area contributed by atoms with Crippen LogP contribution in [-0.4, -0.2) is 21.4 Å². The molecule has 0 aliphatic carbocycles. The van der Waals surface area contributed by atoms with Crippen LogP contribution >= 0.6 is 0 Å². The topological polar surface area (TPSA) is 63.2 Å². The van der Waals surface area contributed by atoms with E-state index in [1.54, 1.807) is 6.07 Å². The molecule has 104 valence electrons. The maximum atomic E-state index is 8.89. The molecule has 2 N–H and O–H groups in total. The van der Waals surface area contributed by atoms with E-state index in [1.807, 2.05) is 17.7 Å². The van der Waals surface area contributed by atoms with E-state index in [0.717, 1.165) is 31.0 Å². The minimum atomic E-state index is -0.0437. The van der Waals surface area contributed by atoms with Crippen LogP contribution in [0.15, 0.2) is 22.6 Å². The maximum absolute atomic E-state index is 8.89. The number of aromatic nitrogens is 2. The Bertz CT molecular complexity index is 516. The van der Waals surface area contributed by atoms with Gasteiger partial charge in [0, 0.05) is 12.2 Å². The Morgan fingerprint density at radius 2 is 2.11 bits per heavy atom. The van der Waals surface area contributed by atoms with Crippen molar-refractivity contribution in [1.29, 1.82) is 0 Å². The number of aliphatic hydroxyl groups is 1. The van der Waals surface area contributed by atoms with Crippen molar-refractivity contribution in [3.8, 4) is 0 Å². The number of hydrogen-bond donors (Lipinski definition) is 2. The first-order valence-corrected chi connectivity index (χ1v) is 6.59. The van der Waals surface area contributed by atoms with Crippen LogP contribution < -0.4 is 5.32 Å². The summed E-state index contributed by atoms with van der Waals surface area (Å²) in [5, 5.41) is 16.6. The van der Waals surface area contributed by atoms with Crippen molar-refractivity contribution >= 4 is 0 Å². The molecule has 0 bridgehead atoms. The van der Waals surface area contributed by atoms with Gasteiger partial charge in [-0.3, -0.25) is 4.68 Å². The lowest BCUT2D eigenvalue weighted by atomic mass is 10.3. The summed E-state index contributed by atoms with van der Waals surface area (Å²) in [7, 11) is 0. The second-order valence-electron chi connectivity index (χ2n) is 4.71. The van der Waals surface area contributed by atoms with E-state index in [1.165, 1.54) is 5.69 Å². The minimum absolute atomic E-state index is 0.0437. The summed E-state index contributed by atoms with van der Waals surface area (Å²) in [6.07, 6.45) is 1.02. The van der Waals surface area contributed by atoms with E-state index in [-0.39, 0.29) is 6.61 Å². The smallest absolute Gasteiger partial charge is 0.129 e. The van der Waals surface area contributed by atoms with Crippen molar-refractivity contribution in [2.24, 2.45) is 0 Å². The second-order valence-corrected chi connectivity index (χ2v) is 4.71. The van der Waals surface area contributed by atoms with E-state index in [9.17, 15) is 0 Å². The molecule has 0 aliphatic rings. The molecule has 0 aliphatic heterocycles. The molecule has 0 radical (unpaired) electrons. The van der Waals surface area contributed by atoms with Crippen LogP contribution in [0.4, 0.5) is 0 Å². The summed E-state index contributed by atoms with van der Waals surface area (Å²) in [4.78, 5) is 0. The van der Waals surface area contributed by atoms with Crippen LogP contribution in [-0.2, 0) is 19.7 Å². The third-order valence-electron chi connectivity index (χ3n) is 3.00.